The zero-order chi connectivity index (χ0) is 20.1. The van der Waals surface area contributed by atoms with Crippen molar-refractivity contribution in [3.8, 4) is 11.8 Å². The number of carbonyl (C=O) groups is 1. The Bertz CT molecular complexity index is 896. The van der Waals surface area contributed by atoms with Crippen LogP contribution in [-0.2, 0) is 10.2 Å². The molecule has 1 aliphatic rings. The lowest BCUT2D eigenvalue weighted by atomic mass is 9.78. The highest BCUT2D eigenvalue weighted by molar-refractivity contribution is 6.31. The van der Waals surface area contributed by atoms with Gasteiger partial charge in [0.1, 0.15) is 11.8 Å². The highest BCUT2D eigenvalue weighted by atomic mass is 35.5. The molecular formula is C23H25ClN2O2. The molecule has 146 valence electrons. The number of benzene rings is 2. The second-order valence-corrected chi connectivity index (χ2v) is 8.16. The van der Waals surface area contributed by atoms with Gasteiger partial charge < -0.3 is 10.1 Å². The Morgan fingerprint density at radius 3 is 2.61 bits per heavy atom. The van der Waals surface area contributed by atoms with Gasteiger partial charge in [-0.3, -0.25) is 4.79 Å². The summed E-state index contributed by atoms with van der Waals surface area (Å²) in [7, 11) is 0. The molecule has 2 aromatic rings. The monoisotopic (exact) mass is 396 g/mol. The Hall–Kier alpha value is -2.51. The van der Waals surface area contributed by atoms with Crippen molar-refractivity contribution >= 4 is 23.2 Å². The van der Waals surface area contributed by atoms with Crippen LogP contribution in [0.25, 0.3) is 0 Å². The van der Waals surface area contributed by atoms with Crippen LogP contribution in [0.2, 0.25) is 5.02 Å². The Morgan fingerprint density at radius 1 is 1.25 bits per heavy atom. The van der Waals surface area contributed by atoms with E-state index in [1.807, 2.05) is 24.3 Å². The number of hydrogen-bond acceptors (Lipinski definition) is 3. The largest absolute Gasteiger partial charge is 0.492 e. The first-order chi connectivity index (χ1) is 13.5. The van der Waals surface area contributed by atoms with Crippen LogP contribution < -0.4 is 10.1 Å². The minimum atomic E-state index is -0.627. The molecule has 2 aromatic carbocycles. The molecule has 1 aliphatic carbocycles. The molecule has 28 heavy (non-hydrogen) atoms. The predicted octanol–water partition coefficient (Wildman–Crippen LogP) is 5.70. The summed E-state index contributed by atoms with van der Waals surface area (Å²) < 4.78 is 5.70. The summed E-state index contributed by atoms with van der Waals surface area (Å²) in [4.78, 5) is 13.3. The minimum absolute atomic E-state index is 0.0714. The number of halogens is 1. The zero-order valence-electron chi connectivity index (χ0n) is 16.3. The topological polar surface area (TPSA) is 62.1 Å². The van der Waals surface area contributed by atoms with Gasteiger partial charge in [-0.25, -0.2) is 0 Å². The summed E-state index contributed by atoms with van der Waals surface area (Å²) in [6.07, 6.45) is 3.51. The highest BCUT2D eigenvalue weighted by Crippen LogP contribution is 2.44. The van der Waals surface area contributed by atoms with E-state index in [2.05, 4.69) is 25.2 Å². The summed E-state index contributed by atoms with van der Waals surface area (Å²) in [6.45, 7) is 4.64. The van der Waals surface area contributed by atoms with E-state index in [1.165, 1.54) is 0 Å². The fourth-order valence-electron chi connectivity index (χ4n) is 3.77. The third-order valence-electron chi connectivity index (χ3n) is 5.21. The van der Waals surface area contributed by atoms with E-state index >= 15 is 0 Å². The van der Waals surface area contributed by atoms with Gasteiger partial charge in [-0.15, -0.1) is 0 Å². The number of hydrogen-bond donors (Lipinski definition) is 1. The summed E-state index contributed by atoms with van der Waals surface area (Å²) in [6, 6.07) is 14.9. The number of ether oxygens (including phenoxy) is 1. The fraction of sp³-hybridized carbons (Fsp3) is 0.391. The Morgan fingerprint density at radius 2 is 1.96 bits per heavy atom. The first-order valence-corrected chi connectivity index (χ1v) is 10.1. The SMILES string of the molecule is CC(C)COc1ccc(NC(=O)C2(c3ccccc3Cl)CCCC2)cc1C#N. The van der Waals surface area contributed by atoms with Crippen LogP contribution >= 0.6 is 11.6 Å². The van der Waals surface area contributed by atoms with Crippen molar-refractivity contribution in [3.63, 3.8) is 0 Å². The molecule has 0 radical (unpaired) electrons. The first-order valence-electron chi connectivity index (χ1n) is 9.69. The Labute approximate surface area is 171 Å². The van der Waals surface area contributed by atoms with Crippen LogP contribution in [0.4, 0.5) is 5.69 Å². The summed E-state index contributed by atoms with van der Waals surface area (Å²) >= 11 is 6.43. The Kier molecular flexibility index (Phi) is 6.26. The number of nitriles is 1. The van der Waals surface area contributed by atoms with E-state index in [1.54, 1.807) is 18.2 Å². The van der Waals surface area contributed by atoms with Crippen molar-refractivity contribution in [3.05, 3.63) is 58.6 Å². The highest BCUT2D eigenvalue weighted by Gasteiger charge is 2.43. The number of amides is 1. The van der Waals surface area contributed by atoms with Crippen LogP contribution in [0, 0.1) is 17.2 Å². The van der Waals surface area contributed by atoms with Crippen molar-refractivity contribution in [2.24, 2.45) is 5.92 Å². The Balaban J connectivity index is 1.85. The molecule has 1 amide bonds. The van der Waals surface area contributed by atoms with E-state index in [-0.39, 0.29) is 5.91 Å². The lowest BCUT2D eigenvalue weighted by molar-refractivity contribution is -0.121. The van der Waals surface area contributed by atoms with Gasteiger partial charge in [0.2, 0.25) is 5.91 Å². The van der Waals surface area contributed by atoms with Crippen molar-refractivity contribution in [2.75, 3.05) is 11.9 Å². The number of carbonyl (C=O) groups excluding carboxylic acids is 1. The molecule has 0 atom stereocenters. The molecule has 3 rings (SSSR count). The molecule has 0 aromatic heterocycles. The molecule has 0 saturated heterocycles. The van der Waals surface area contributed by atoms with Crippen LogP contribution in [0.1, 0.15) is 50.7 Å². The van der Waals surface area contributed by atoms with E-state index < -0.39 is 5.41 Å². The van der Waals surface area contributed by atoms with Gasteiger partial charge >= 0.3 is 0 Å². The van der Waals surface area contributed by atoms with Gasteiger partial charge in [-0.2, -0.15) is 5.26 Å². The zero-order valence-corrected chi connectivity index (χ0v) is 17.1. The summed E-state index contributed by atoms with van der Waals surface area (Å²) in [5.74, 6) is 0.831. The summed E-state index contributed by atoms with van der Waals surface area (Å²) in [5, 5.41) is 13.1. The molecule has 0 heterocycles. The lowest BCUT2D eigenvalue weighted by Crippen LogP contribution is -2.38. The third kappa shape index (κ3) is 4.15. The van der Waals surface area contributed by atoms with Crippen LogP contribution in [0.15, 0.2) is 42.5 Å². The molecule has 0 bridgehead atoms. The molecule has 1 N–H and O–H groups in total. The van der Waals surface area contributed by atoms with Crippen molar-refractivity contribution in [2.45, 2.75) is 44.9 Å². The number of rotatable bonds is 6. The minimum Gasteiger partial charge on any atom is -0.492 e. The molecule has 1 saturated carbocycles. The van der Waals surface area contributed by atoms with Crippen molar-refractivity contribution in [1.29, 1.82) is 5.26 Å². The van der Waals surface area contributed by atoms with Gasteiger partial charge in [-0.05, 0) is 48.6 Å². The lowest BCUT2D eigenvalue weighted by Gasteiger charge is -2.29. The molecular weight excluding hydrogens is 372 g/mol. The van der Waals surface area contributed by atoms with Gasteiger partial charge in [0, 0.05) is 10.7 Å². The second-order valence-electron chi connectivity index (χ2n) is 7.75. The average Bonchev–Trinajstić information content (AvgIpc) is 3.18. The molecule has 0 spiro atoms. The standard InChI is InChI=1S/C23H25ClN2O2/c1-16(2)15-28-21-10-9-18(13-17(21)14-25)26-22(27)23(11-5-6-12-23)19-7-3-4-8-20(19)24/h3-4,7-10,13,16H,5-6,11-12,15H2,1-2H3,(H,26,27). The molecule has 5 heteroatoms. The summed E-state index contributed by atoms with van der Waals surface area (Å²) in [5.41, 5.74) is 1.26. The smallest absolute Gasteiger partial charge is 0.235 e. The van der Waals surface area contributed by atoms with Crippen LogP contribution in [0.3, 0.4) is 0 Å². The van der Waals surface area contributed by atoms with Crippen LogP contribution in [-0.4, -0.2) is 12.5 Å². The molecule has 0 unspecified atom stereocenters. The molecule has 1 fully saturated rings. The predicted molar refractivity (Wildman–Crippen MR) is 112 cm³/mol. The normalized spacial score (nSPS) is 15.2. The third-order valence-corrected chi connectivity index (χ3v) is 5.54. The second kappa shape index (κ2) is 8.67. The van der Waals surface area contributed by atoms with Crippen molar-refractivity contribution in [1.82, 2.24) is 0 Å². The van der Waals surface area contributed by atoms with E-state index in [4.69, 9.17) is 16.3 Å². The van der Waals surface area contributed by atoms with E-state index in [9.17, 15) is 10.1 Å². The first kappa shape index (κ1) is 20.2. The number of nitrogens with one attached hydrogen (secondary N) is 1. The maximum atomic E-state index is 13.3. The van der Waals surface area contributed by atoms with Gasteiger partial charge in [-0.1, -0.05) is 56.5 Å². The van der Waals surface area contributed by atoms with Gasteiger partial charge in [0.05, 0.1) is 17.6 Å². The van der Waals surface area contributed by atoms with Crippen molar-refractivity contribution < 1.29 is 9.53 Å². The maximum Gasteiger partial charge on any atom is 0.235 e. The van der Waals surface area contributed by atoms with Gasteiger partial charge in [0.15, 0.2) is 0 Å². The maximum absolute atomic E-state index is 13.3. The van der Waals surface area contributed by atoms with E-state index in [0.29, 0.717) is 34.5 Å². The molecule has 0 aliphatic heterocycles. The average molecular weight is 397 g/mol. The fourth-order valence-corrected chi connectivity index (χ4v) is 4.09. The van der Waals surface area contributed by atoms with Crippen LogP contribution in [0.5, 0.6) is 5.75 Å². The number of nitrogens with zero attached hydrogens (tertiary/aromatic N) is 1. The molecule has 4 nitrogen and oxygen atoms in total. The quantitative estimate of drug-likeness (QED) is 0.681. The number of anilines is 1. The van der Waals surface area contributed by atoms with Gasteiger partial charge in [0.25, 0.3) is 0 Å². The van der Waals surface area contributed by atoms with E-state index in [0.717, 1.165) is 31.2 Å².